The summed E-state index contributed by atoms with van der Waals surface area (Å²) in [5.41, 5.74) is 3.30. The van der Waals surface area contributed by atoms with E-state index in [1.807, 2.05) is 53.6 Å². The van der Waals surface area contributed by atoms with E-state index >= 15 is 0 Å². The molecule has 2 heterocycles. The molecule has 1 fully saturated rings. The number of hydrogen-bond donors (Lipinski definition) is 0. The lowest BCUT2D eigenvalue weighted by Gasteiger charge is -2.34. The third-order valence-electron chi connectivity index (χ3n) is 5.69. The van der Waals surface area contributed by atoms with Crippen molar-refractivity contribution in [2.45, 2.75) is 32.2 Å². The van der Waals surface area contributed by atoms with Crippen molar-refractivity contribution >= 4 is 5.91 Å². The van der Waals surface area contributed by atoms with Gasteiger partial charge in [-0.15, -0.1) is 0 Å². The lowest BCUT2D eigenvalue weighted by Crippen LogP contribution is -2.40. The lowest BCUT2D eigenvalue weighted by molar-refractivity contribution is -0.131. The van der Waals surface area contributed by atoms with Crippen LogP contribution >= 0.6 is 0 Å². The van der Waals surface area contributed by atoms with Crippen LogP contribution in [0, 0.1) is 6.92 Å². The number of carbonyl (C=O) groups is 1. The SMILES string of the molecule is COc1cccc(CC(=O)N2CCC(n3c(C)cnc3-c3ccccc3)CC2)c1. The van der Waals surface area contributed by atoms with Gasteiger partial charge in [-0.2, -0.15) is 0 Å². The van der Waals surface area contributed by atoms with Crippen LogP contribution < -0.4 is 4.74 Å². The van der Waals surface area contributed by atoms with E-state index < -0.39 is 0 Å². The second-order valence-corrected chi connectivity index (χ2v) is 7.60. The first kappa shape index (κ1) is 19.2. The van der Waals surface area contributed by atoms with Crippen molar-refractivity contribution in [1.82, 2.24) is 14.5 Å². The van der Waals surface area contributed by atoms with Crippen LogP contribution in [0.1, 0.15) is 30.1 Å². The molecule has 0 N–H and O–H groups in total. The first-order chi connectivity index (χ1) is 14.2. The van der Waals surface area contributed by atoms with Gasteiger partial charge in [0.1, 0.15) is 11.6 Å². The van der Waals surface area contributed by atoms with Crippen LogP contribution in [0.25, 0.3) is 11.4 Å². The molecular formula is C24H27N3O2. The monoisotopic (exact) mass is 389 g/mol. The summed E-state index contributed by atoms with van der Waals surface area (Å²) in [6, 6.07) is 18.4. The summed E-state index contributed by atoms with van der Waals surface area (Å²) in [6.45, 7) is 3.67. The summed E-state index contributed by atoms with van der Waals surface area (Å²) in [7, 11) is 1.65. The number of amides is 1. The van der Waals surface area contributed by atoms with Gasteiger partial charge >= 0.3 is 0 Å². The summed E-state index contributed by atoms with van der Waals surface area (Å²) >= 11 is 0. The Labute approximate surface area is 171 Å². The highest BCUT2D eigenvalue weighted by Gasteiger charge is 2.26. The second kappa shape index (κ2) is 8.52. The average Bonchev–Trinajstić information content (AvgIpc) is 3.16. The molecular weight excluding hydrogens is 362 g/mol. The van der Waals surface area contributed by atoms with Crippen molar-refractivity contribution < 1.29 is 9.53 Å². The van der Waals surface area contributed by atoms with E-state index in [1.165, 1.54) is 5.69 Å². The summed E-state index contributed by atoms with van der Waals surface area (Å²) < 4.78 is 7.61. The summed E-state index contributed by atoms with van der Waals surface area (Å²) in [5, 5.41) is 0. The molecule has 0 aliphatic carbocycles. The van der Waals surface area contributed by atoms with Crippen LogP contribution in [-0.2, 0) is 11.2 Å². The Morgan fingerprint density at radius 1 is 1.10 bits per heavy atom. The number of piperidine rings is 1. The number of imidazole rings is 1. The molecule has 1 amide bonds. The quantitative estimate of drug-likeness (QED) is 0.655. The maximum absolute atomic E-state index is 12.8. The van der Waals surface area contributed by atoms with E-state index in [4.69, 9.17) is 4.74 Å². The number of aromatic nitrogens is 2. The van der Waals surface area contributed by atoms with Crippen LogP contribution in [0.4, 0.5) is 0 Å². The molecule has 29 heavy (non-hydrogen) atoms. The Morgan fingerprint density at radius 2 is 1.86 bits per heavy atom. The minimum absolute atomic E-state index is 0.183. The zero-order valence-electron chi connectivity index (χ0n) is 17.0. The normalized spacial score (nSPS) is 14.8. The first-order valence-electron chi connectivity index (χ1n) is 10.2. The van der Waals surface area contributed by atoms with Gasteiger partial charge in [-0.25, -0.2) is 4.98 Å². The molecule has 0 unspecified atom stereocenters. The van der Waals surface area contributed by atoms with Gasteiger partial charge in [-0.1, -0.05) is 42.5 Å². The number of likely N-dealkylation sites (tertiary alicyclic amines) is 1. The predicted molar refractivity (Wildman–Crippen MR) is 114 cm³/mol. The van der Waals surface area contributed by atoms with Gasteiger partial charge < -0.3 is 14.2 Å². The standard InChI is InChI=1S/C24H27N3O2/c1-18-17-25-24(20-8-4-3-5-9-20)27(18)21-11-13-26(14-12-21)23(28)16-19-7-6-10-22(15-19)29-2/h3-10,15,17,21H,11-14,16H2,1-2H3. The molecule has 1 saturated heterocycles. The van der Waals surface area contributed by atoms with Crippen molar-refractivity contribution in [3.63, 3.8) is 0 Å². The van der Waals surface area contributed by atoms with Gasteiger partial charge in [0.2, 0.25) is 5.91 Å². The highest BCUT2D eigenvalue weighted by molar-refractivity contribution is 5.79. The summed E-state index contributed by atoms with van der Waals surface area (Å²) in [4.78, 5) is 19.4. The van der Waals surface area contributed by atoms with Crippen molar-refractivity contribution in [3.05, 3.63) is 72.1 Å². The zero-order chi connectivity index (χ0) is 20.2. The number of ether oxygens (including phenoxy) is 1. The van der Waals surface area contributed by atoms with Gasteiger partial charge in [0.25, 0.3) is 0 Å². The van der Waals surface area contributed by atoms with E-state index in [9.17, 15) is 4.79 Å². The van der Waals surface area contributed by atoms with Crippen molar-refractivity contribution in [3.8, 4) is 17.1 Å². The fourth-order valence-electron chi connectivity index (χ4n) is 4.15. The minimum atomic E-state index is 0.183. The fourth-order valence-corrected chi connectivity index (χ4v) is 4.15. The lowest BCUT2D eigenvalue weighted by atomic mass is 10.0. The van der Waals surface area contributed by atoms with E-state index in [-0.39, 0.29) is 5.91 Å². The van der Waals surface area contributed by atoms with Crippen LogP contribution in [0.3, 0.4) is 0 Å². The van der Waals surface area contributed by atoms with Crippen LogP contribution in [0.2, 0.25) is 0 Å². The van der Waals surface area contributed by atoms with Gasteiger partial charge in [0, 0.05) is 36.6 Å². The number of hydrogen-bond acceptors (Lipinski definition) is 3. The molecule has 1 aliphatic rings. The maximum atomic E-state index is 12.8. The van der Waals surface area contributed by atoms with E-state index in [0.717, 1.165) is 48.6 Å². The van der Waals surface area contributed by atoms with Crippen LogP contribution in [0.5, 0.6) is 5.75 Å². The van der Waals surface area contributed by atoms with Crippen molar-refractivity contribution in [2.24, 2.45) is 0 Å². The molecule has 0 atom stereocenters. The number of nitrogens with zero attached hydrogens (tertiary/aromatic N) is 3. The Bertz CT molecular complexity index is 973. The molecule has 1 aliphatic heterocycles. The van der Waals surface area contributed by atoms with Gasteiger partial charge in [-0.3, -0.25) is 4.79 Å². The molecule has 3 aromatic rings. The number of rotatable bonds is 5. The molecule has 5 nitrogen and oxygen atoms in total. The molecule has 4 rings (SSSR count). The third kappa shape index (κ3) is 4.19. The molecule has 150 valence electrons. The van der Waals surface area contributed by atoms with Crippen molar-refractivity contribution in [2.75, 3.05) is 20.2 Å². The largest absolute Gasteiger partial charge is 0.497 e. The number of carbonyl (C=O) groups excluding carboxylic acids is 1. The molecule has 0 saturated carbocycles. The average molecular weight is 389 g/mol. The van der Waals surface area contributed by atoms with Crippen LogP contribution in [-0.4, -0.2) is 40.6 Å². The van der Waals surface area contributed by atoms with E-state index in [1.54, 1.807) is 7.11 Å². The van der Waals surface area contributed by atoms with Gasteiger partial charge in [0.15, 0.2) is 0 Å². The zero-order valence-corrected chi connectivity index (χ0v) is 17.0. The molecule has 0 radical (unpaired) electrons. The van der Waals surface area contributed by atoms with Crippen molar-refractivity contribution in [1.29, 1.82) is 0 Å². The van der Waals surface area contributed by atoms with Gasteiger partial charge in [-0.05, 0) is 37.5 Å². The Balaban J connectivity index is 1.42. The molecule has 1 aromatic heterocycles. The smallest absolute Gasteiger partial charge is 0.226 e. The number of benzene rings is 2. The number of aryl methyl sites for hydroxylation is 1. The maximum Gasteiger partial charge on any atom is 0.226 e. The topological polar surface area (TPSA) is 47.4 Å². The first-order valence-corrected chi connectivity index (χ1v) is 10.2. The fraction of sp³-hybridized carbons (Fsp3) is 0.333. The molecule has 5 heteroatoms. The Morgan fingerprint density at radius 3 is 2.59 bits per heavy atom. The Hall–Kier alpha value is -3.08. The summed E-state index contributed by atoms with van der Waals surface area (Å²) in [5.74, 6) is 1.99. The van der Waals surface area contributed by atoms with Crippen LogP contribution in [0.15, 0.2) is 60.8 Å². The highest BCUT2D eigenvalue weighted by atomic mass is 16.5. The van der Waals surface area contributed by atoms with E-state index in [2.05, 4.69) is 28.6 Å². The second-order valence-electron chi connectivity index (χ2n) is 7.60. The molecule has 0 spiro atoms. The Kier molecular flexibility index (Phi) is 5.65. The van der Waals surface area contributed by atoms with E-state index in [0.29, 0.717) is 12.5 Å². The number of methoxy groups -OCH3 is 1. The third-order valence-corrected chi connectivity index (χ3v) is 5.69. The predicted octanol–water partition coefficient (Wildman–Crippen LogP) is 4.27. The highest BCUT2D eigenvalue weighted by Crippen LogP contribution is 2.30. The molecule has 2 aromatic carbocycles. The minimum Gasteiger partial charge on any atom is -0.497 e. The summed E-state index contributed by atoms with van der Waals surface area (Å²) in [6.07, 6.45) is 4.26. The van der Waals surface area contributed by atoms with Gasteiger partial charge in [0.05, 0.1) is 13.5 Å². The molecule has 0 bridgehead atoms.